The van der Waals surface area contributed by atoms with Crippen LogP contribution >= 0.6 is 11.8 Å². The van der Waals surface area contributed by atoms with E-state index in [2.05, 4.69) is 0 Å². The highest BCUT2D eigenvalue weighted by Gasteiger charge is 2.48. The van der Waals surface area contributed by atoms with E-state index >= 15 is 0 Å². The van der Waals surface area contributed by atoms with Gasteiger partial charge in [-0.15, -0.1) is 0 Å². The Labute approximate surface area is 76.7 Å². The summed E-state index contributed by atoms with van der Waals surface area (Å²) in [4.78, 5) is 10.9. The molecular weight excluding hydrogens is 172 g/mol. The van der Waals surface area contributed by atoms with Crippen LogP contribution in [-0.4, -0.2) is 21.6 Å². The standard InChI is InChI=1S/C9H14O2S/c10-8(11)7-3-6-12-9(7)4-1-2-5-9/h7H,1-6H2,(H,10,11). The van der Waals surface area contributed by atoms with Gasteiger partial charge in [-0.25, -0.2) is 0 Å². The van der Waals surface area contributed by atoms with Crippen LogP contribution in [-0.2, 0) is 4.79 Å². The molecule has 1 spiro atoms. The van der Waals surface area contributed by atoms with E-state index in [0.717, 1.165) is 25.0 Å². The van der Waals surface area contributed by atoms with E-state index in [4.69, 9.17) is 5.11 Å². The molecule has 0 aromatic heterocycles. The van der Waals surface area contributed by atoms with Crippen LogP contribution in [0.1, 0.15) is 32.1 Å². The van der Waals surface area contributed by atoms with E-state index in [1.807, 2.05) is 11.8 Å². The van der Waals surface area contributed by atoms with E-state index in [1.165, 1.54) is 12.8 Å². The fourth-order valence-corrected chi connectivity index (χ4v) is 4.32. The van der Waals surface area contributed by atoms with Crippen LogP contribution < -0.4 is 0 Å². The minimum Gasteiger partial charge on any atom is -0.481 e. The van der Waals surface area contributed by atoms with Gasteiger partial charge in [0, 0.05) is 4.75 Å². The summed E-state index contributed by atoms with van der Waals surface area (Å²) in [6.45, 7) is 0. The molecule has 2 fully saturated rings. The van der Waals surface area contributed by atoms with Gasteiger partial charge in [-0.2, -0.15) is 11.8 Å². The molecule has 1 atom stereocenters. The van der Waals surface area contributed by atoms with Gasteiger partial charge in [0.1, 0.15) is 0 Å². The van der Waals surface area contributed by atoms with Crippen LogP contribution in [0.25, 0.3) is 0 Å². The zero-order chi connectivity index (χ0) is 8.60. The zero-order valence-electron chi connectivity index (χ0n) is 7.08. The van der Waals surface area contributed by atoms with Crippen molar-refractivity contribution in [2.24, 2.45) is 5.92 Å². The maximum Gasteiger partial charge on any atom is 0.307 e. The fraction of sp³-hybridized carbons (Fsp3) is 0.889. The Morgan fingerprint density at radius 2 is 2.08 bits per heavy atom. The highest BCUT2D eigenvalue weighted by atomic mass is 32.2. The molecular formula is C9H14O2S. The second kappa shape index (κ2) is 2.95. The molecule has 1 saturated carbocycles. The van der Waals surface area contributed by atoms with Gasteiger partial charge in [0.15, 0.2) is 0 Å². The first kappa shape index (κ1) is 8.42. The fourth-order valence-electron chi connectivity index (χ4n) is 2.56. The van der Waals surface area contributed by atoms with E-state index < -0.39 is 5.97 Å². The highest BCUT2D eigenvalue weighted by molar-refractivity contribution is 8.01. The zero-order valence-corrected chi connectivity index (χ0v) is 7.90. The molecule has 68 valence electrons. The van der Waals surface area contributed by atoms with Crippen molar-refractivity contribution >= 4 is 17.7 Å². The van der Waals surface area contributed by atoms with E-state index in [1.54, 1.807) is 0 Å². The van der Waals surface area contributed by atoms with Crippen LogP contribution in [0, 0.1) is 5.92 Å². The number of hydrogen-bond donors (Lipinski definition) is 1. The third-order valence-corrected chi connectivity index (χ3v) is 4.89. The number of aliphatic carboxylic acids is 1. The number of carboxylic acids is 1. The lowest BCUT2D eigenvalue weighted by atomic mass is 9.88. The summed E-state index contributed by atoms with van der Waals surface area (Å²) in [6, 6.07) is 0. The van der Waals surface area contributed by atoms with Crippen LogP contribution in [0.2, 0.25) is 0 Å². The monoisotopic (exact) mass is 186 g/mol. The Bertz CT molecular complexity index is 191. The lowest BCUT2D eigenvalue weighted by molar-refractivity contribution is -0.142. The molecule has 0 aromatic carbocycles. The van der Waals surface area contributed by atoms with Crippen molar-refractivity contribution < 1.29 is 9.90 Å². The molecule has 2 nitrogen and oxygen atoms in total. The summed E-state index contributed by atoms with van der Waals surface area (Å²) in [6.07, 6.45) is 5.62. The predicted octanol–water partition coefficient (Wildman–Crippen LogP) is 2.14. The van der Waals surface area contributed by atoms with Gasteiger partial charge < -0.3 is 5.11 Å². The van der Waals surface area contributed by atoms with Crippen molar-refractivity contribution in [2.45, 2.75) is 36.9 Å². The van der Waals surface area contributed by atoms with E-state index in [-0.39, 0.29) is 10.7 Å². The summed E-state index contributed by atoms with van der Waals surface area (Å²) < 4.78 is 0.145. The predicted molar refractivity (Wildman–Crippen MR) is 49.4 cm³/mol. The van der Waals surface area contributed by atoms with E-state index in [9.17, 15) is 4.79 Å². The van der Waals surface area contributed by atoms with Gasteiger partial charge in [-0.1, -0.05) is 12.8 Å². The van der Waals surface area contributed by atoms with Crippen LogP contribution in [0.4, 0.5) is 0 Å². The highest BCUT2D eigenvalue weighted by Crippen LogP contribution is 2.53. The molecule has 12 heavy (non-hydrogen) atoms. The van der Waals surface area contributed by atoms with Crippen molar-refractivity contribution in [2.75, 3.05) is 5.75 Å². The van der Waals surface area contributed by atoms with Gasteiger partial charge in [-0.05, 0) is 25.0 Å². The second-order valence-corrected chi connectivity index (χ2v) is 5.31. The third-order valence-electron chi connectivity index (χ3n) is 3.18. The topological polar surface area (TPSA) is 37.3 Å². The number of carbonyl (C=O) groups is 1. The molecule has 1 heterocycles. The summed E-state index contributed by atoms with van der Waals surface area (Å²) in [5, 5.41) is 9.03. The largest absolute Gasteiger partial charge is 0.481 e. The minimum absolute atomic E-state index is 0.0509. The third kappa shape index (κ3) is 1.15. The van der Waals surface area contributed by atoms with Crippen LogP contribution in [0.15, 0.2) is 0 Å². The Balaban J connectivity index is 2.17. The average Bonchev–Trinajstić information content (AvgIpc) is 2.61. The molecule has 1 unspecified atom stereocenters. The molecule has 1 aliphatic heterocycles. The summed E-state index contributed by atoms with van der Waals surface area (Å²) in [7, 11) is 0. The lowest BCUT2D eigenvalue weighted by Crippen LogP contribution is -2.32. The molecule has 0 radical (unpaired) electrons. The Morgan fingerprint density at radius 3 is 2.67 bits per heavy atom. The molecule has 1 aliphatic carbocycles. The Morgan fingerprint density at radius 1 is 1.42 bits per heavy atom. The lowest BCUT2D eigenvalue weighted by Gasteiger charge is -2.26. The smallest absolute Gasteiger partial charge is 0.307 e. The Hall–Kier alpha value is -0.180. The quantitative estimate of drug-likeness (QED) is 0.681. The Kier molecular flexibility index (Phi) is 2.07. The molecule has 2 rings (SSSR count). The normalized spacial score (nSPS) is 32.8. The summed E-state index contributed by atoms with van der Waals surface area (Å²) in [5.74, 6) is 0.434. The minimum atomic E-state index is -0.568. The molecule has 2 aliphatic rings. The van der Waals surface area contributed by atoms with Gasteiger partial charge in [0.05, 0.1) is 5.92 Å². The van der Waals surface area contributed by atoms with Crippen molar-refractivity contribution in [1.82, 2.24) is 0 Å². The molecule has 1 saturated heterocycles. The van der Waals surface area contributed by atoms with Gasteiger partial charge in [-0.3, -0.25) is 4.79 Å². The summed E-state index contributed by atoms with van der Waals surface area (Å²) >= 11 is 1.91. The SMILES string of the molecule is O=C(O)C1CCSC12CCCC2. The molecule has 0 amide bonds. The van der Waals surface area contributed by atoms with E-state index in [0.29, 0.717) is 0 Å². The van der Waals surface area contributed by atoms with Crippen molar-refractivity contribution in [3.8, 4) is 0 Å². The molecule has 0 bridgehead atoms. The maximum atomic E-state index is 10.9. The first-order valence-corrected chi connectivity index (χ1v) is 5.60. The number of rotatable bonds is 1. The summed E-state index contributed by atoms with van der Waals surface area (Å²) in [5.41, 5.74) is 0. The first-order valence-electron chi connectivity index (χ1n) is 4.61. The van der Waals surface area contributed by atoms with Gasteiger partial charge >= 0.3 is 5.97 Å². The average molecular weight is 186 g/mol. The van der Waals surface area contributed by atoms with Crippen molar-refractivity contribution in [3.05, 3.63) is 0 Å². The van der Waals surface area contributed by atoms with Gasteiger partial charge in [0.25, 0.3) is 0 Å². The van der Waals surface area contributed by atoms with Crippen molar-refractivity contribution in [1.29, 1.82) is 0 Å². The first-order chi connectivity index (χ1) is 5.75. The second-order valence-electron chi connectivity index (χ2n) is 3.80. The number of thioether (sulfide) groups is 1. The molecule has 1 N–H and O–H groups in total. The molecule has 0 aromatic rings. The van der Waals surface area contributed by atoms with Crippen LogP contribution in [0.5, 0.6) is 0 Å². The van der Waals surface area contributed by atoms with Crippen LogP contribution in [0.3, 0.4) is 0 Å². The molecule has 3 heteroatoms. The number of carboxylic acid groups (broad SMARTS) is 1. The van der Waals surface area contributed by atoms with Gasteiger partial charge in [0.2, 0.25) is 0 Å². The van der Waals surface area contributed by atoms with Crippen molar-refractivity contribution in [3.63, 3.8) is 0 Å². The number of hydrogen-bond acceptors (Lipinski definition) is 2. The maximum absolute atomic E-state index is 10.9.